The molecule has 3 rings (SSSR count). The molecule has 0 aliphatic carbocycles. The molecule has 1 amide bonds. The number of carbonyl (C=O) groups excluding carboxylic acids is 1. The SMILES string of the molecule is CC(CC(=O)NCC1CNC1)N=C1NS(=O)(=O)c2ccccc21.Cl. The molecule has 132 valence electrons. The molecule has 2 aliphatic heterocycles. The van der Waals surface area contributed by atoms with Gasteiger partial charge < -0.3 is 10.6 Å². The fraction of sp³-hybridized carbons (Fsp3) is 0.467. The van der Waals surface area contributed by atoms with E-state index in [1.807, 2.05) is 0 Å². The van der Waals surface area contributed by atoms with Crippen LogP contribution in [0.15, 0.2) is 34.2 Å². The van der Waals surface area contributed by atoms with Crippen LogP contribution in [-0.4, -0.2) is 45.8 Å². The molecule has 1 atom stereocenters. The number of amides is 1. The molecular weight excluding hydrogens is 352 g/mol. The van der Waals surface area contributed by atoms with Gasteiger partial charge >= 0.3 is 0 Å². The molecule has 1 fully saturated rings. The molecular formula is C15H21ClN4O3S. The van der Waals surface area contributed by atoms with Crippen molar-refractivity contribution in [2.24, 2.45) is 10.9 Å². The maximum atomic E-state index is 12.0. The highest BCUT2D eigenvalue weighted by atomic mass is 35.5. The number of carbonyl (C=O) groups is 1. The zero-order valence-electron chi connectivity index (χ0n) is 13.3. The van der Waals surface area contributed by atoms with Crippen molar-refractivity contribution < 1.29 is 13.2 Å². The number of hydrogen-bond acceptors (Lipinski definition) is 5. The van der Waals surface area contributed by atoms with Crippen molar-refractivity contribution >= 4 is 34.2 Å². The summed E-state index contributed by atoms with van der Waals surface area (Å²) in [5.74, 6) is 0.751. The van der Waals surface area contributed by atoms with E-state index < -0.39 is 10.0 Å². The lowest BCUT2D eigenvalue weighted by Crippen LogP contribution is -2.48. The molecule has 3 N–H and O–H groups in total. The average molecular weight is 373 g/mol. The van der Waals surface area contributed by atoms with Gasteiger partial charge in [-0.2, -0.15) is 0 Å². The van der Waals surface area contributed by atoms with Crippen LogP contribution < -0.4 is 15.4 Å². The monoisotopic (exact) mass is 372 g/mol. The Morgan fingerprint density at radius 2 is 2.08 bits per heavy atom. The van der Waals surface area contributed by atoms with Gasteiger partial charge in [-0.05, 0) is 19.1 Å². The van der Waals surface area contributed by atoms with Crippen molar-refractivity contribution in [3.05, 3.63) is 29.8 Å². The van der Waals surface area contributed by atoms with E-state index in [1.165, 1.54) is 0 Å². The second-order valence-electron chi connectivity index (χ2n) is 5.96. The topological polar surface area (TPSA) is 99.7 Å². The molecule has 0 radical (unpaired) electrons. The Bertz CT molecular complexity index is 747. The van der Waals surface area contributed by atoms with Gasteiger partial charge in [0.1, 0.15) is 5.84 Å². The van der Waals surface area contributed by atoms with Crippen LogP contribution in [0.4, 0.5) is 0 Å². The third kappa shape index (κ3) is 4.06. The van der Waals surface area contributed by atoms with Crippen LogP contribution in [0, 0.1) is 5.92 Å². The van der Waals surface area contributed by atoms with Gasteiger partial charge in [-0.25, -0.2) is 8.42 Å². The molecule has 0 spiro atoms. The molecule has 2 aliphatic rings. The van der Waals surface area contributed by atoms with Crippen LogP contribution in [-0.2, 0) is 14.8 Å². The Morgan fingerprint density at radius 3 is 2.75 bits per heavy atom. The van der Waals surface area contributed by atoms with E-state index in [0.717, 1.165) is 13.1 Å². The van der Waals surface area contributed by atoms with Gasteiger partial charge in [0.2, 0.25) is 5.91 Å². The zero-order chi connectivity index (χ0) is 16.4. The lowest BCUT2D eigenvalue weighted by Gasteiger charge is -2.27. The van der Waals surface area contributed by atoms with E-state index in [2.05, 4.69) is 20.3 Å². The van der Waals surface area contributed by atoms with Crippen molar-refractivity contribution in [2.75, 3.05) is 19.6 Å². The van der Waals surface area contributed by atoms with Crippen molar-refractivity contribution in [1.29, 1.82) is 0 Å². The molecule has 0 bridgehead atoms. The number of rotatable bonds is 5. The minimum Gasteiger partial charge on any atom is -0.356 e. The number of aliphatic imine (C=N–C) groups is 1. The number of nitrogens with zero attached hydrogens (tertiary/aromatic N) is 1. The third-order valence-corrected chi connectivity index (χ3v) is 5.34. The van der Waals surface area contributed by atoms with Gasteiger partial charge in [0.15, 0.2) is 0 Å². The van der Waals surface area contributed by atoms with Crippen LogP contribution >= 0.6 is 12.4 Å². The van der Waals surface area contributed by atoms with Crippen LogP contribution in [0.5, 0.6) is 0 Å². The number of sulfonamides is 1. The zero-order valence-corrected chi connectivity index (χ0v) is 14.9. The predicted octanol–water partition coefficient (Wildman–Crippen LogP) is 0.261. The second-order valence-corrected chi connectivity index (χ2v) is 7.61. The summed E-state index contributed by atoms with van der Waals surface area (Å²) in [7, 11) is -3.53. The first kappa shape index (κ1) is 18.7. The van der Waals surface area contributed by atoms with Gasteiger partial charge in [-0.15, -0.1) is 12.4 Å². The number of amidine groups is 1. The summed E-state index contributed by atoms with van der Waals surface area (Å²) >= 11 is 0. The highest BCUT2D eigenvalue weighted by molar-refractivity contribution is 7.90. The number of nitrogens with one attached hydrogen (secondary N) is 3. The minimum atomic E-state index is -3.53. The van der Waals surface area contributed by atoms with Crippen molar-refractivity contribution in [3.63, 3.8) is 0 Å². The first-order valence-electron chi connectivity index (χ1n) is 7.63. The van der Waals surface area contributed by atoms with E-state index in [9.17, 15) is 13.2 Å². The Balaban J connectivity index is 0.00000208. The highest BCUT2D eigenvalue weighted by Gasteiger charge is 2.30. The summed E-state index contributed by atoms with van der Waals surface area (Å²) in [6.45, 7) is 4.35. The van der Waals surface area contributed by atoms with Gasteiger partial charge in [0.25, 0.3) is 10.0 Å². The van der Waals surface area contributed by atoms with Crippen LogP contribution in [0.25, 0.3) is 0 Å². The summed E-state index contributed by atoms with van der Waals surface area (Å²) < 4.78 is 26.5. The number of halogens is 1. The van der Waals surface area contributed by atoms with Crippen molar-refractivity contribution in [3.8, 4) is 0 Å². The Hall–Kier alpha value is -1.64. The van der Waals surface area contributed by atoms with Crippen LogP contribution in [0.1, 0.15) is 18.9 Å². The standard InChI is InChI=1S/C15H20N4O3S.ClH/c1-10(6-14(20)17-9-11-7-16-8-11)18-15-12-4-2-3-5-13(12)23(21,22)19-15;/h2-5,10-11,16H,6-9H2,1H3,(H,17,20)(H,18,19);1H. The summed E-state index contributed by atoms with van der Waals surface area (Å²) in [5, 5.41) is 6.04. The van der Waals surface area contributed by atoms with Gasteiger partial charge in [0.05, 0.1) is 10.9 Å². The van der Waals surface area contributed by atoms with Gasteiger partial charge in [0, 0.05) is 37.5 Å². The summed E-state index contributed by atoms with van der Waals surface area (Å²) in [6.07, 6.45) is 0.230. The van der Waals surface area contributed by atoms with Crippen molar-refractivity contribution in [1.82, 2.24) is 15.4 Å². The lowest BCUT2D eigenvalue weighted by atomic mass is 10.0. The quantitative estimate of drug-likeness (QED) is 0.690. The molecule has 24 heavy (non-hydrogen) atoms. The fourth-order valence-electron chi connectivity index (χ4n) is 2.59. The van der Waals surface area contributed by atoms with Gasteiger partial charge in [-0.3, -0.25) is 14.5 Å². The normalized spacial score (nSPS) is 21.1. The molecule has 7 nitrogen and oxygen atoms in total. The Labute approximate surface area is 147 Å². The predicted molar refractivity (Wildman–Crippen MR) is 94.0 cm³/mol. The number of hydrogen-bond donors (Lipinski definition) is 3. The van der Waals surface area contributed by atoms with E-state index in [-0.39, 0.29) is 35.7 Å². The maximum absolute atomic E-state index is 12.0. The van der Waals surface area contributed by atoms with Crippen molar-refractivity contribution in [2.45, 2.75) is 24.3 Å². The summed E-state index contributed by atoms with van der Waals surface area (Å²) in [6, 6.07) is 6.39. The van der Waals surface area contributed by atoms with E-state index in [1.54, 1.807) is 31.2 Å². The molecule has 9 heteroatoms. The Kier molecular flexibility index (Phi) is 5.84. The minimum absolute atomic E-state index is 0. The fourth-order valence-corrected chi connectivity index (χ4v) is 3.83. The first-order valence-corrected chi connectivity index (χ1v) is 9.11. The molecule has 0 aromatic heterocycles. The largest absolute Gasteiger partial charge is 0.356 e. The lowest BCUT2D eigenvalue weighted by molar-refractivity contribution is -0.121. The smallest absolute Gasteiger partial charge is 0.263 e. The highest BCUT2D eigenvalue weighted by Crippen LogP contribution is 2.22. The molecule has 2 heterocycles. The summed E-state index contributed by atoms with van der Waals surface area (Å²) in [4.78, 5) is 16.5. The number of benzene rings is 1. The van der Waals surface area contributed by atoms with E-state index in [4.69, 9.17) is 0 Å². The maximum Gasteiger partial charge on any atom is 0.263 e. The third-order valence-electron chi connectivity index (χ3n) is 3.95. The van der Waals surface area contributed by atoms with E-state index in [0.29, 0.717) is 23.9 Å². The second kappa shape index (κ2) is 7.50. The molecule has 1 saturated heterocycles. The molecule has 1 aromatic carbocycles. The first-order chi connectivity index (χ1) is 11.0. The van der Waals surface area contributed by atoms with Crippen LogP contribution in [0.3, 0.4) is 0 Å². The molecule has 1 aromatic rings. The molecule has 1 unspecified atom stereocenters. The molecule has 0 saturated carbocycles. The van der Waals surface area contributed by atoms with E-state index >= 15 is 0 Å². The number of fused-ring (bicyclic) bond motifs is 1. The average Bonchev–Trinajstić information content (AvgIpc) is 2.69. The Morgan fingerprint density at radius 1 is 1.38 bits per heavy atom. The van der Waals surface area contributed by atoms with Crippen LogP contribution in [0.2, 0.25) is 0 Å². The summed E-state index contributed by atoms with van der Waals surface area (Å²) in [5.41, 5.74) is 0.556. The van der Waals surface area contributed by atoms with Gasteiger partial charge in [-0.1, -0.05) is 12.1 Å².